The van der Waals surface area contributed by atoms with Gasteiger partial charge in [-0.3, -0.25) is 9.52 Å². The third kappa shape index (κ3) is 6.83. The summed E-state index contributed by atoms with van der Waals surface area (Å²) in [5.74, 6) is 0.682. The number of amides is 1. The number of thioether (sulfide) groups is 1. The predicted octanol–water partition coefficient (Wildman–Crippen LogP) is 5.96. The monoisotopic (exact) mass is 573 g/mol. The minimum Gasteiger partial charge on any atom is -0.497 e. The van der Waals surface area contributed by atoms with Gasteiger partial charge in [0.05, 0.1) is 17.8 Å². The van der Waals surface area contributed by atoms with Crippen molar-refractivity contribution >= 4 is 44.5 Å². The van der Waals surface area contributed by atoms with E-state index in [1.807, 2.05) is 60.7 Å². The summed E-state index contributed by atoms with van der Waals surface area (Å²) >= 11 is 1.18. The molecule has 0 saturated carbocycles. The number of benzene rings is 4. The van der Waals surface area contributed by atoms with E-state index in [1.165, 1.54) is 23.9 Å². The third-order valence-electron chi connectivity index (χ3n) is 6.10. The highest BCUT2D eigenvalue weighted by atomic mass is 32.2. The zero-order chi connectivity index (χ0) is 28.0. The lowest BCUT2D eigenvalue weighted by Crippen LogP contribution is -2.31. The van der Waals surface area contributed by atoms with Gasteiger partial charge in [0, 0.05) is 18.8 Å². The van der Waals surface area contributed by atoms with Crippen LogP contribution in [0.25, 0.3) is 11.1 Å². The zero-order valence-electron chi connectivity index (χ0n) is 21.7. The van der Waals surface area contributed by atoms with E-state index in [2.05, 4.69) is 9.71 Å². The van der Waals surface area contributed by atoms with Crippen molar-refractivity contribution in [1.82, 2.24) is 9.88 Å². The SMILES string of the molecule is COc1ccc(NS(=O)(=O)c2ccc3oc(SCC(=O)N(Cc4ccccc4)Cc4ccccc4)nc3c2)cc1. The number of carbonyl (C=O) groups is 1. The molecule has 5 aromatic rings. The van der Waals surface area contributed by atoms with Crippen molar-refractivity contribution in [2.75, 3.05) is 17.6 Å². The molecular formula is C30H27N3O5S2. The average molecular weight is 574 g/mol. The fourth-order valence-corrected chi connectivity index (χ4v) is 5.86. The maximum Gasteiger partial charge on any atom is 0.261 e. The molecule has 1 amide bonds. The summed E-state index contributed by atoms with van der Waals surface area (Å²) in [5, 5.41) is 0.292. The molecule has 5 rings (SSSR count). The van der Waals surface area contributed by atoms with Crippen LogP contribution in [0.3, 0.4) is 0 Å². The number of rotatable bonds is 11. The smallest absolute Gasteiger partial charge is 0.261 e. The van der Waals surface area contributed by atoms with Crippen molar-refractivity contribution < 1.29 is 22.4 Å². The first kappa shape index (κ1) is 27.3. The highest BCUT2D eigenvalue weighted by molar-refractivity contribution is 7.99. The summed E-state index contributed by atoms with van der Waals surface area (Å²) in [7, 11) is -2.31. The quantitative estimate of drug-likeness (QED) is 0.195. The van der Waals surface area contributed by atoms with Gasteiger partial charge >= 0.3 is 0 Å². The molecule has 1 aromatic heterocycles. The Balaban J connectivity index is 1.28. The maximum absolute atomic E-state index is 13.3. The Kier molecular flexibility index (Phi) is 8.37. The second-order valence-corrected chi connectivity index (χ2v) is 11.6. The fourth-order valence-electron chi connectivity index (χ4n) is 4.04. The van der Waals surface area contributed by atoms with Crippen LogP contribution < -0.4 is 9.46 Å². The summed E-state index contributed by atoms with van der Waals surface area (Å²) in [6.07, 6.45) is 0. The highest BCUT2D eigenvalue weighted by Crippen LogP contribution is 2.27. The second kappa shape index (κ2) is 12.3. The molecular weight excluding hydrogens is 546 g/mol. The van der Waals surface area contributed by atoms with Gasteiger partial charge < -0.3 is 14.1 Å². The van der Waals surface area contributed by atoms with Crippen molar-refractivity contribution in [3.8, 4) is 5.75 Å². The number of methoxy groups -OCH3 is 1. The number of nitrogens with zero attached hydrogens (tertiary/aromatic N) is 2. The van der Waals surface area contributed by atoms with Crippen LogP contribution in [0, 0.1) is 0 Å². The van der Waals surface area contributed by atoms with Gasteiger partial charge in [-0.15, -0.1) is 0 Å². The van der Waals surface area contributed by atoms with Crippen LogP contribution in [0.4, 0.5) is 5.69 Å². The molecule has 1 N–H and O–H groups in total. The van der Waals surface area contributed by atoms with Crippen molar-refractivity contribution in [3.05, 3.63) is 114 Å². The normalized spacial score (nSPS) is 11.3. The molecule has 8 nitrogen and oxygen atoms in total. The van der Waals surface area contributed by atoms with Crippen LogP contribution >= 0.6 is 11.8 Å². The van der Waals surface area contributed by atoms with E-state index in [1.54, 1.807) is 42.3 Å². The lowest BCUT2D eigenvalue weighted by atomic mass is 10.1. The van der Waals surface area contributed by atoms with E-state index >= 15 is 0 Å². The Hall–Kier alpha value is -4.28. The van der Waals surface area contributed by atoms with E-state index in [9.17, 15) is 13.2 Å². The Morgan fingerprint density at radius 3 is 2.12 bits per heavy atom. The highest BCUT2D eigenvalue weighted by Gasteiger charge is 2.19. The molecule has 204 valence electrons. The van der Waals surface area contributed by atoms with Gasteiger partial charge in [-0.2, -0.15) is 0 Å². The van der Waals surface area contributed by atoms with Gasteiger partial charge in [-0.1, -0.05) is 72.4 Å². The van der Waals surface area contributed by atoms with Gasteiger partial charge in [-0.25, -0.2) is 13.4 Å². The Morgan fingerprint density at radius 1 is 0.900 bits per heavy atom. The molecule has 0 fully saturated rings. The molecule has 0 aliphatic rings. The van der Waals surface area contributed by atoms with Gasteiger partial charge in [0.2, 0.25) is 5.91 Å². The number of aromatic nitrogens is 1. The summed E-state index contributed by atoms with van der Waals surface area (Å²) < 4.78 is 39.3. The second-order valence-electron chi connectivity index (χ2n) is 8.95. The molecule has 0 radical (unpaired) electrons. The molecule has 0 bridgehead atoms. The summed E-state index contributed by atoms with van der Waals surface area (Å²) in [4.78, 5) is 19.6. The fraction of sp³-hybridized carbons (Fsp3) is 0.133. The van der Waals surface area contributed by atoms with Gasteiger partial charge in [0.1, 0.15) is 11.3 Å². The van der Waals surface area contributed by atoms with E-state index in [0.717, 1.165) is 11.1 Å². The molecule has 4 aromatic carbocycles. The first-order chi connectivity index (χ1) is 19.4. The van der Waals surface area contributed by atoms with Crippen molar-refractivity contribution in [2.45, 2.75) is 23.2 Å². The lowest BCUT2D eigenvalue weighted by molar-refractivity contribution is -0.129. The first-order valence-corrected chi connectivity index (χ1v) is 14.9. The van der Waals surface area contributed by atoms with Crippen LogP contribution in [-0.2, 0) is 27.9 Å². The Bertz CT molecular complexity index is 1650. The lowest BCUT2D eigenvalue weighted by Gasteiger charge is -2.23. The van der Waals surface area contributed by atoms with Crippen LogP contribution in [0.1, 0.15) is 11.1 Å². The number of fused-ring (bicyclic) bond motifs is 1. The average Bonchev–Trinajstić information content (AvgIpc) is 3.39. The predicted molar refractivity (Wildman–Crippen MR) is 156 cm³/mol. The Morgan fingerprint density at radius 2 is 1.52 bits per heavy atom. The number of nitrogens with one attached hydrogen (secondary N) is 1. The number of sulfonamides is 1. The van der Waals surface area contributed by atoms with Crippen molar-refractivity contribution in [1.29, 1.82) is 0 Å². The first-order valence-electron chi connectivity index (χ1n) is 12.5. The maximum atomic E-state index is 13.3. The van der Waals surface area contributed by atoms with Crippen LogP contribution in [0.2, 0.25) is 0 Å². The third-order valence-corrected chi connectivity index (χ3v) is 8.29. The Labute approximate surface area is 237 Å². The molecule has 0 spiro atoms. The molecule has 0 unspecified atom stereocenters. The number of oxazole rings is 1. The topological polar surface area (TPSA) is 102 Å². The van der Waals surface area contributed by atoms with Gasteiger partial charge in [-0.05, 0) is 53.6 Å². The molecule has 0 aliphatic heterocycles. The number of hydrogen-bond acceptors (Lipinski definition) is 7. The standard InChI is InChI=1S/C30H27N3O5S2/c1-37-25-14-12-24(13-15-25)32-40(35,36)26-16-17-28-27(18-26)31-30(38-28)39-21-29(34)33(19-22-8-4-2-5-9-22)20-23-10-6-3-7-11-23/h2-18,32H,19-21H2,1H3. The largest absolute Gasteiger partial charge is 0.497 e. The zero-order valence-corrected chi connectivity index (χ0v) is 23.3. The number of carbonyl (C=O) groups excluding carboxylic acids is 1. The minimum absolute atomic E-state index is 0.0497. The van der Waals surface area contributed by atoms with Gasteiger partial charge in [0.25, 0.3) is 15.2 Å². The van der Waals surface area contributed by atoms with E-state index < -0.39 is 10.0 Å². The summed E-state index contributed by atoms with van der Waals surface area (Å²) in [6, 6.07) is 30.7. The molecule has 10 heteroatoms. The minimum atomic E-state index is -3.85. The molecule has 1 heterocycles. The van der Waals surface area contributed by atoms with Crippen molar-refractivity contribution in [3.63, 3.8) is 0 Å². The summed E-state index contributed by atoms with van der Waals surface area (Å²) in [5.41, 5.74) is 3.30. The van der Waals surface area contributed by atoms with E-state index in [4.69, 9.17) is 9.15 Å². The molecule has 40 heavy (non-hydrogen) atoms. The van der Waals surface area contributed by atoms with Crippen LogP contribution in [0.5, 0.6) is 5.75 Å². The molecule has 0 aliphatic carbocycles. The number of ether oxygens (including phenoxy) is 1. The van der Waals surface area contributed by atoms with E-state index in [0.29, 0.717) is 40.8 Å². The number of anilines is 1. The van der Waals surface area contributed by atoms with E-state index in [-0.39, 0.29) is 16.6 Å². The molecule has 0 saturated heterocycles. The van der Waals surface area contributed by atoms with Crippen LogP contribution in [-0.4, -0.2) is 37.1 Å². The van der Waals surface area contributed by atoms with Gasteiger partial charge in [0.15, 0.2) is 5.58 Å². The van der Waals surface area contributed by atoms with Crippen molar-refractivity contribution in [2.24, 2.45) is 0 Å². The molecule has 0 atom stereocenters. The van der Waals surface area contributed by atoms with Crippen LogP contribution in [0.15, 0.2) is 118 Å². The number of hydrogen-bond donors (Lipinski definition) is 1. The summed E-state index contributed by atoms with van der Waals surface area (Å²) in [6.45, 7) is 0.955.